The number of rotatable bonds is 2. The van der Waals surface area contributed by atoms with Gasteiger partial charge < -0.3 is 15.4 Å². The van der Waals surface area contributed by atoms with Crippen LogP contribution in [0.1, 0.15) is 10.5 Å². The number of H-pyrrole nitrogens is 1. The van der Waals surface area contributed by atoms with Crippen LogP contribution in [-0.2, 0) is 0 Å². The summed E-state index contributed by atoms with van der Waals surface area (Å²) < 4.78 is 0. The first-order valence-electron chi connectivity index (χ1n) is 4.15. The first-order chi connectivity index (χ1) is 6.72. The Morgan fingerprint density at radius 2 is 2.43 bits per heavy atom. The van der Waals surface area contributed by atoms with Crippen LogP contribution in [0.25, 0.3) is 11.1 Å². The highest BCUT2D eigenvalue weighted by Crippen LogP contribution is 2.09. The normalized spacial score (nSPS) is 14.2. The molecule has 0 unspecified atom stereocenters. The second kappa shape index (κ2) is 3.42. The average molecular weight is 210 g/mol. The smallest absolute Gasteiger partial charge is 0.352 e. The van der Waals surface area contributed by atoms with Gasteiger partial charge in [-0.2, -0.15) is 0 Å². The molecule has 0 radical (unpaired) electrons. The van der Waals surface area contributed by atoms with Crippen molar-refractivity contribution in [3.63, 3.8) is 0 Å². The van der Waals surface area contributed by atoms with Gasteiger partial charge in [-0.1, -0.05) is 0 Å². The van der Waals surface area contributed by atoms with E-state index in [4.69, 9.17) is 5.11 Å². The van der Waals surface area contributed by atoms with E-state index in [-0.39, 0.29) is 5.69 Å². The summed E-state index contributed by atoms with van der Waals surface area (Å²) in [4.78, 5) is 14.7. The van der Waals surface area contributed by atoms with E-state index in [9.17, 15) is 4.79 Å². The lowest BCUT2D eigenvalue weighted by atomic mass is 10.3. The second-order valence-electron chi connectivity index (χ2n) is 2.97. The van der Waals surface area contributed by atoms with Crippen molar-refractivity contribution in [3.8, 4) is 0 Å². The van der Waals surface area contributed by atoms with E-state index in [0.29, 0.717) is 0 Å². The molecule has 1 aliphatic heterocycles. The summed E-state index contributed by atoms with van der Waals surface area (Å²) in [6.45, 7) is 0.769. The average Bonchev–Trinajstić information content (AvgIpc) is 2.60. The highest BCUT2D eigenvalue weighted by atomic mass is 32.2. The number of aromatic amines is 1. The maximum Gasteiger partial charge on any atom is 0.352 e. The number of carboxylic acids is 1. The van der Waals surface area contributed by atoms with Crippen LogP contribution in [-0.4, -0.2) is 28.9 Å². The predicted octanol–water partition coefficient (Wildman–Crippen LogP) is -0.475. The second-order valence-corrected chi connectivity index (χ2v) is 3.87. The number of carboxylic acid groups (broad SMARTS) is 1. The van der Waals surface area contributed by atoms with Crippen molar-refractivity contribution in [1.29, 1.82) is 0 Å². The molecule has 2 heterocycles. The third-order valence-electron chi connectivity index (χ3n) is 2.13. The minimum absolute atomic E-state index is 0.238. The van der Waals surface area contributed by atoms with Crippen molar-refractivity contribution in [2.45, 2.75) is 0 Å². The Morgan fingerprint density at radius 3 is 3.07 bits per heavy atom. The molecule has 0 saturated carbocycles. The fourth-order valence-corrected chi connectivity index (χ4v) is 2.07. The van der Waals surface area contributed by atoms with Crippen molar-refractivity contribution < 1.29 is 9.90 Å². The van der Waals surface area contributed by atoms with Gasteiger partial charge in [-0.15, -0.1) is 11.8 Å². The Hall–Kier alpha value is -1.36. The molecule has 0 saturated heterocycles. The van der Waals surface area contributed by atoms with E-state index < -0.39 is 5.97 Å². The SMILES string of the molecule is CSC1=c2cc(C(=O)O)[nH]c2=CNC1. The molecular weight excluding hydrogens is 200 g/mol. The fourth-order valence-electron chi connectivity index (χ4n) is 1.45. The van der Waals surface area contributed by atoms with Gasteiger partial charge >= 0.3 is 5.97 Å². The van der Waals surface area contributed by atoms with E-state index in [1.807, 2.05) is 12.5 Å². The topological polar surface area (TPSA) is 65.1 Å². The maximum absolute atomic E-state index is 10.7. The summed E-state index contributed by atoms with van der Waals surface area (Å²) in [6.07, 6.45) is 3.79. The van der Waals surface area contributed by atoms with Crippen molar-refractivity contribution in [2.75, 3.05) is 12.8 Å². The summed E-state index contributed by atoms with van der Waals surface area (Å²) in [7, 11) is 0. The van der Waals surface area contributed by atoms with Gasteiger partial charge in [0.25, 0.3) is 0 Å². The van der Waals surface area contributed by atoms with E-state index in [0.717, 1.165) is 22.0 Å². The van der Waals surface area contributed by atoms with Crippen LogP contribution in [0.4, 0.5) is 0 Å². The zero-order valence-electron chi connectivity index (χ0n) is 7.63. The Bertz CT molecular complexity index is 489. The van der Waals surface area contributed by atoms with Crippen molar-refractivity contribution in [2.24, 2.45) is 0 Å². The highest BCUT2D eigenvalue weighted by Gasteiger charge is 2.09. The minimum Gasteiger partial charge on any atom is -0.477 e. The first-order valence-corrected chi connectivity index (χ1v) is 5.38. The number of nitrogens with one attached hydrogen (secondary N) is 2. The summed E-state index contributed by atoms with van der Waals surface area (Å²) in [5, 5.41) is 13.7. The summed E-state index contributed by atoms with van der Waals surface area (Å²) in [6, 6.07) is 1.68. The first kappa shape index (κ1) is 9.21. The molecule has 1 aromatic rings. The molecule has 4 nitrogen and oxygen atoms in total. The zero-order chi connectivity index (χ0) is 10.1. The van der Waals surface area contributed by atoms with Crippen LogP contribution >= 0.6 is 11.8 Å². The quantitative estimate of drug-likeness (QED) is 0.617. The zero-order valence-corrected chi connectivity index (χ0v) is 8.44. The highest BCUT2D eigenvalue weighted by molar-refractivity contribution is 8.07. The summed E-state index contributed by atoms with van der Waals surface area (Å²) >= 11 is 1.63. The van der Waals surface area contributed by atoms with Gasteiger partial charge in [-0.3, -0.25) is 0 Å². The number of aromatic carboxylic acids is 1. The van der Waals surface area contributed by atoms with Crippen LogP contribution in [0.5, 0.6) is 0 Å². The van der Waals surface area contributed by atoms with Gasteiger partial charge in [0.15, 0.2) is 0 Å². The van der Waals surface area contributed by atoms with E-state index in [1.54, 1.807) is 17.8 Å². The molecule has 0 atom stereocenters. The monoisotopic (exact) mass is 210 g/mol. The molecule has 0 aliphatic carbocycles. The van der Waals surface area contributed by atoms with Crippen LogP contribution < -0.4 is 15.9 Å². The Kier molecular flexibility index (Phi) is 2.25. The molecule has 74 valence electrons. The maximum atomic E-state index is 10.7. The lowest BCUT2D eigenvalue weighted by Gasteiger charge is -2.06. The third kappa shape index (κ3) is 1.39. The molecule has 5 heteroatoms. The van der Waals surface area contributed by atoms with Crippen molar-refractivity contribution in [3.05, 3.63) is 22.3 Å². The predicted molar refractivity (Wildman–Crippen MR) is 56.4 cm³/mol. The Balaban J connectivity index is 2.70. The lowest BCUT2D eigenvalue weighted by molar-refractivity contribution is 0.0691. The number of thioether (sulfide) groups is 1. The third-order valence-corrected chi connectivity index (χ3v) is 2.99. The number of hydrogen-bond donors (Lipinski definition) is 3. The molecule has 3 N–H and O–H groups in total. The van der Waals surface area contributed by atoms with Gasteiger partial charge in [0, 0.05) is 22.9 Å². The number of carbonyl (C=O) groups is 1. The molecular formula is C9H10N2O2S. The van der Waals surface area contributed by atoms with Crippen molar-refractivity contribution >= 4 is 28.8 Å². The van der Waals surface area contributed by atoms with Crippen LogP contribution in [0.15, 0.2) is 6.07 Å². The van der Waals surface area contributed by atoms with Gasteiger partial charge in [-0.25, -0.2) is 4.79 Å². The fraction of sp³-hybridized carbons (Fsp3) is 0.222. The lowest BCUT2D eigenvalue weighted by Crippen LogP contribution is -2.34. The Morgan fingerprint density at radius 1 is 1.64 bits per heavy atom. The molecule has 0 spiro atoms. The molecule has 0 fully saturated rings. The molecule has 0 amide bonds. The van der Waals surface area contributed by atoms with Crippen LogP contribution in [0, 0.1) is 0 Å². The van der Waals surface area contributed by atoms with Gasteiger partial charge in [0.05, 0.1) is 5.35 Å². The summed E-state index contributed by atoms with van der Waals surface area (Å²) in [5.41, 5.74) is 0.238. The van der Waals surface area contributed by atoms with E-state index >= 15 is 0 Å². The number of hydrogen-bond acceptors (Lipinski definition) is 3. The molecule has 2 rings (SSSR count). The molecule has 1 aromatic heterocycles. The molecule has 0 aromatic carbocycles. The minimum atomic E-state index is -0.923. The van der Waals surface area contributed by atoms with Gasteiger partial charge in [-0.05, 0) is 12.3 Å². The van der Waals surface area contributed by atoms with E-state index in [2.05, 4.69) is 10.3 Å². The molecule has 14 heavy (non-hydrogen) atoms. The van der Waals surface area contributed by atoms with Crippen LogP contribution in [0.3, 0.4) is 0 Å². The number of aromatic nitrogens is 1. The molecule has 1 aliphatic rings. The summed E-state index contributed by atoms with van der Waals surface area (Å²) in [5.74, 6) is -0.923. The van der Waals surface area contributed by atoms with Crippen molar-refractivity contribution in [1.82, 2.24) is 10.3 Å². The molecule has 0 bridgehead atoms. The standard InChI is InChI=1S/C9H10N2O2S/c1-14-8-4-10-3-7-5(8)2-6(11-7)9(12)13/h2-3,10-11H,4H2,1H3,(H,12,13). The van der Waals surface area contributed by atoms with Gasteiger partial charge in [0.1, 0.15) is 5.69 Å². The van der Waals surface area contributed by atoms with Crippen LogP contribution in [0.2, 0.25) is 0 Å². The number of fused-ring (bicyclic) bond motifs is 1. The van der Waals surface area contributed by atoms with E-state index in [1.165, 1.54) is 0 Å². The largest absolute Gasteiger partial charge is 0.477 e. The Labute approximate surface area is 84.7 Å². The van der Waals surface area contributed by atoms with Gasteiger partial charge in [0.2, 0.25) is 0 Å².